The SMILES string of the molecule is COC(=O)CC[C@@H](C)[C@H]1CC[C@H]2[C@@H]3[C@H](O)C[C@H]4C[C@@H](NCCCCNCc5ccccn5)CC[C@]4(C)[C@H]3CC[C@]12C. The van der Waals surface area contributed by atoms with Gasteiger partial charge in [0.05, 0.1) is 18.9 Å². The lowest BCUT2D eigenvalue weighted by Crippen LogP contribution is -2.59. The second-order valence-electron chi connectivity index (χ2n) is 14.7. The molecule has 4 fully saturated rings. The number of aromatic nitrogens is 1. The zero-order valence-corrected chi connectivity index (χ0v) is 26.2. The molecule has 5 rings (SSSR count). The van der Waals surface area contributed by atoms with E-state index in [-0.39, 0.29) is 12.1 Å². The Kier molecular flexibility index (Phi) is 10.1. The van der Waals surface area contributed by atoms with E-state index in [9.17, 15) is 9.90 Å². The zero-order chi connectivity index (χ0) is 29.0. The zero-order valence-electron chi connectivity index (χ0n) is 26.2. The molecule has 10 atom stereocenters. The maximum Gasteiger partial charge on any atom is 0.305 e. The minimum absolute atomic E-state index is 0.0827. The van der Waals surface area contributed by atoms with E-state index in [1.807, 2.05) is 18.3 Å². The number of carbonyl (C=O) groups is 1. The molecule has 0 unspecified atom stereocenters. The second-order valence-corrected chi connectivity index (χ2v) is 14.7. The van der Waals surface area contributed by atoms with Crippen LogP contribution in [0.5, 0.6) is 0 Å². The molecule has 6 heteroatoms. The average Bonchev–Trinajstić information content (AvgIpc) is 3.33. The maximum absolute atomic E-state index is 11.8. The summed E-state index contributed by atoms with van der Waals surface area (Å²) in [6.07, 6.45) is 15.4. The fraction of sp³-hybridized carbons (Fsp3) is 0.829. The quantitative estimate of drug-likeness (QED) is 0.208. The number of rotatable bonds is 12. The summed E-state index contributed by atoms with van der Waals surface area (Å²) in [5.41, 5.74) is 1.77. The molecular weight excluding hydrogens is 510 g/mol. The van der Waals surface area contributed by atoms with Crippen molar-refractivity contribution in [3.05, 3.63) is 30.1 Å². The van der Waals surface area contributed by atoms with Gasteiger partial charge in [-0.05, 0) is 142 Å². The summed E-state index contributed by atoms with van der Waals surface area (Å²) in [4.78, 5) is 16.2. The number of methoxy groups -OCH3 is 1. The number of unbranched alkanes of at least 4 members (excludes halogenated alkanes) is 1. The van der Waals surface area contributed by atoms with Gasteiger partial charge in [-0.2, -0.15) is 0 Å². The van der Waals surface area contributed by atoms with Crippen LogP contribution in [0, 0.1) is 46.3 Å². The molecule has 1 aromatic rings. The van der Waals surface area contributed by atoms with E-state index in [1.165, 1.54) is 64.9 Å². The first-order chi connectivity index (χ1) is 19.8. The lowest BCUT2D eigenvalue weighted by atomic mass is 9.43. The van der Waals surface area contributed by atoms with Gasteiger partial charge < -0.3 is 20.5 Å². The van der Waals surface area contributed by atoms with Gasteiger partial charge in [-0.3, -0.25) is 9.78 Å². The molecule has 1 aromatic heterocycles. The fourth-order valence-electron chi connectivity index (χ4n) is 10.4. The Morgan fingerprint density at radius 2 is 1.85 bits per heavy atom. The molecule has 0 radical (unpaired) electrons. The molecular formula is C35H57N3O3. The van der Waals surface area contributed by atoms with Crippen molar-refractivity contribution in [3.8, 4) is 0 Å². The number of nitrogens with one attached hydrogen (secondary N) is 2. The third-order valence-corrected chi connectivity index (χ3v) is 12.7. The maximum atomic E-state index is 11.8. The van der Waals surface area contributed by atoms with E-state index in [0.717, 1.165) is 38.2 Å². The third kappa shape index (κ3) is 6.55. The largest absolute Gasteiger partial charge is 0.469 e. The van der Waals surface area contributed by atoms with Gasteiger partial charge in [0.1, 0.15) is 0 Å². The van der Waals surface area contributed by atoms with Crippen LogP contribution in [-0.4, -0.2) is 48.4 Å². The van der Waals surface area contributed by atoms with Crippen molar-refractivity contribution in [2.75, 3.05) is 20.2 Å². The number of hydrogen-bond donors (Lipinski definition) is 3. The Morgan fingerprint density at radius 1 is 1.07 bits per heavy atom. The van der Waals surface area contributed by atoms with Crippen LogP contribution in [0.4, 0.5) is 0 Å². The fourth-order valence-corrected chi connectivity index (χ4v) is 10.4. The number of esters is 1. The molecule has 0 aromatic carbocycles. The van der Waals surface area contributed by atoms with Gasteiger partial charge in [-0.25, -0.2) is 0 Å². The predicted molar refractivity (Wildman–Crippen MR) is 164 cm³/mol. The van der Waals surface area contributed by atoms with Crippen LogP contribution in [0.15, 0.2) is 24.4 Å². The highest BCUT2D eigenvalue weighted by Gasteiger charge is 2.62. The van der Waals surface area contributed by atoms with E-state index in [1.54, 1.807) is 0 Å². The van der Waals surface area contributed by atoms with Crippen LogP contribution >= 0.6 is 0 Å². The van der Waals surface area contributed by atoms with Crippen molar-refractivity contribution in [1.29, 1.82) is 0 Å². The molecule has 0 bridgehead atoms. The Morgan fingerprint density at radius 3 is 2.63 bits per heavy atom. The van der Waals surface area contributed by atoms with Gasteiger partial charge in [-0.1, -0.05) is 26.8 Å². The van der Waals surface area contributed by atoms with Crippen molar-refractivity contribution in [2.24, 2.45) is 46.3 Å². The van der Waals surface area contributed by atoms with Crippen LogP contribution in [0.25, 0.3) is 0 Å². The second kappa shape index (κ2) is 13.4. The predicted octanol–water partition coefficient (Wildman–Crippen LogP) is 6.13. The third-order valence-electron chi connectivity index (χ3n) is 12.7. The van der Waals surface area contributed by atoms with E-state index in [0.29, 0.717) is 58.8 Å². The number of aliphatic hydroxyl groups excluding tert-OH is 1. The Balaban J connectivity index is 1.10. The Bertz CT molecular complexity index is 990. The van der Waals surface area contributed by atoms with Gasteiger partial charge in [0, 0.05) is 25.2 Å². The summed E-state index contributed by atoms with van der Waals surface area (Å²) in [5.74, 6) is 3.47. The monoisotopic (exact) mass is 567 g/mol. The van der Waals surface area contributed by atoms with E-state index in [4.69, 9.17) is 4.74 Å². The number of nitrogens with zero attached hydrogens (tertiary/aromatic N) is 1. The highest BCUT2D eigenvalue weighted by atomic mass is 16.5. The molecule has 4 aliphatic rings. The van der Waals surface area contributed by atoms with E-state index >= 15 is 0 Å². The molecule has 4 aliphatic carbocycles. The van der Waals surface area contributed by atoms with E-state index in [2.05, 4.69) is 42.5 Å². The van der Waals surface area contributed by atoms with Gasteiger partial charge in [0.25, 0.3) is 0 Å². The lowest BCUT2D eigenvalue weighted by Gasteiger charge is -2.62. The molecule has 0 aliphatic heterocycles. The summed E-state index contributed by atoms with van der Waals surface area (Å²) in [6, 6.07) is 6.67. The molecule has 1 heterocycles. The summed E-state index contributed by atoms with van der Waals surface area (Å²) in [5, 5.41) is 19.1. The number of fused-ring (bicyclic) bond motifs is 5. The molecule has 0 saturated heterocycles. The van der Waals surface area contributed by atoms with Crippen LogP contribution in [0.2, 0.25) is 0 Å². The van der Waals surface area contributed by atoms with Crippen molar-refractivity contribution in [1.82, 2.24) is 15.6 Å². The highest BCUT2D eigenvalue weighted by molar-refractivity contribution is 5.69. The summed E-state index contributed by atoms with van der Waals surface area (Å²) in [6.45, 7) is 10.5. The van der Waals surface area contributed by atoms with Crippen molar-refractivity contribution in [2.45, 2.75) is 117 Å². The summed E-state index contributed by atoms with van der Waals surface area (Å²) in [7, 11) is 1.49. The Labute approximate surface area is 249 Å². The van der Waals surface area contributed by atoms with Crippen LogP contribution < -0.4 is 10.6 Å². The number of carbonyl (C=O) groups excluding carboxylic acids is 1. The summed E-state index contributed by atoms with van der Waals surface area (Å²) < 4.78 is 4.92. The number of ether oxygens (including phenoxy) is 1. The molecule has 41 heavy (non-hydrogen) atoms. The smallest absolute Gasteiger partial charge is 0.305 e. The average molecular weight is 568 g/mol. The molecule has 230 valence electrons. The first-order valence-electron chi connectivity index (χ1n) is 16.8. The normalized spacial score (nSPS) is 38.9. The topological polar surface area (TPSA) is 83.5 Å². The Hall–Kier alpha value is -1.50. The van der Waals surface area contributed by atoms with Crippen molar-refractivity contribution >= 4 is 5.97 Å². The van der Waals surface area contributed by atoms with Crippen LogP contribution in [0.1, 0.15) is 104 Å². The lowest BCUT2D eigenvalue weighted by molar-refractivity contribution is -0.167. The van der Waals surface area contributed by atoms with Crippen LogP contribution in [-0.2, 0) is 16.1 Å². The highest BCUT2D eigenvalue weighted by Crippen LogP contribution is 2.68. The van der Waals surface area contributed by atoms with Crippen LogP contribution in [0.3, 0.4) is 0 Å². The minimum atomic E-state index is -0.157. The van der Waals surface area contributed by atoms with Crippen molar-refractivity contribution < 1.29 is 14.6 Å². The minimum Gasteiger partial charge on any atom is -0.469 e. The van der Waals surface area contributed by atoms with E-state index < -0.39 is 0 Å². The molecule has 0 spiro atoms. The van der Waals surface area contributed by atoms with Gasteiger partial charge in [0.15, 0.2) is 0 Å². The molecule has 6 nitrogen and oxygen atoms in total. The first kappa shape index (κ1) is 30.9. The molecule has 0 amide bonds. The summed E-state index contributed by atoms with van der Waals surface area (Å²) >= 11 is 0. The molecule has 4 saturated carbocycles. The number of pyridine rings is 1. The van der Waals surface area contributed by atoms with Crippen molar-refractivity contribution in [3.63, 3.8) is 0 Å². The molecule has 3 N–H and O–H groups in total. The number of aliphatic hydroxyl groups is 1. The van der Waals surface area contributed by atoms with Gasteiger partial charge in [-0.15, -0.1) is 0 Å². The van der Waals surface area contributed by atoms with Gasteiger partial charge in [0.2, 0.25) is 0 Å². The first-order valence-corrected chi connectivity index (χ1v) is 16.8. The van der Waals surface area contributed by atoms with Gasteiger partial charge >= 0.3 is 5.97 Å². The number of hydrogen-bond acceptors (Lipinski definition) is 6. The standard InChI is InChI=1S/C35H57N3O3/c1-24(10-13-32(40)41-4)28-11-12-29-33-30(15-17-35(28,29)3)34(2)16-14-26(21-25(34)22-31(33)39)37-20-8-7-18-36-23-27-9-5-6-19-38-27/h5-6,9,19,24-26,28-31,33,36-37,39H,7-8,10-18,20-23H2,1-4H3/t24-,25-,26+,28-,29+,30+,31-,33+,34+,35-/m1/s1.